The fraction of sp³-hybridized carbons (Fsp3) is 0.333. The quantitative estimate of drug-likeness (QED) is 0.443. The zero-order valence-electron chi connectivity index (χ0n) is 20.9. The summed E-state index contributed by atoms with van der Waals surface area (Å²) in [4.78, 5) is 27.9. The van der Waals surface area contributed by atoms with Gasteiger partial charge in [-0.25, -0.2) is 12.8 Å². The summed E-state index contributed by atoms with van der Waals surface area (Å²) >= 11 is 0. The second kappa shape index (κ2) is 11.5. The van der Waals surface area contributed by atoms with Gasteiger partial charge >= 0.3 is 0 Å². The molecule has 0 bridgehead atoms. The van der Waals surface area contributed by atoms with Gasteiger partial charge in [0, 0.05) is 18.0 Å². The Morgan fingerprint density at radius 2 is 1.61 bits per heavy atom. The average molecular weight is 514 g/mol. The lowest BCUT2D eigenvalue weighted by Crippen LogP contribution is -2.52. The Labute approximate surface area is 212 Å². The molecule has 3 aromatic carbocycles. The van der Waals surface area contributed by atoms with Crippen LogP contribution in [0.25, 0.3) is 10.8 Å². The molecule has 192 valence electrons. The molecule has 3 rings (SSSR count). The van der Waals surface area contributed by atoms with Crippen molar-refractivity contribution in [2.75, 3.05) is 17.1 Å². The number of benzene rings is 3. The molecule has 2 atom stereocenters. The van der Waals surface area contributed by atoms with Crippen LogP contribution >= 0.6 is 0 Å². The van der Waals surface area contributed by atoms with E-state index in [2.05, 4.69) is 5.32 Å². The van der Waals surface area contributed by atoms with Crippen LogP contribution in [0.15, 0.2) is 66.7 Å². The van der Waals surface area contributed by atoms with Gasteiger partial charge in [0.25, 0.3) is 0 Å². The van der Waals surface area contributed by atoms with Crippen molar-refractivity contribution in [2.24, 2.45) is 0 Å². The number of carbonyl (C=O) groups excluding carboxylic acids is 2. The van der Waals surface area contributed by atoms with Crippen molar-refractivity contribution in [3.63, 3.8) is 0 Å². The third-order valence-corrected chi connectivity index (χ3v) is 7.28. The predicted octanol–water partition coefficient (Wildman–Crippen LogP) is 4.08. The predicted molar refractivity (Wildman–Crippen MR) is 140 cm³/mol. The van der Waals surface area contributed by atoms with Crippen LogP contribution in [-0.4, -0.2) is 50.0 Å². The Kier molecular flexibility index (Phi) is 8.68. The molecule has 36 heavy (non-hydrogen) atoms. The minimum Gasteiger partial charge on any atom is -0.352 e. The molecule has 0 fully saturated rings. The summed E-state index contributed by atoms with van der Waals surface area (Å²) < 4.78 is 40.2. The van der Waals surface area contributed by atoms with Gasteiger partial charge in [-0.05, 0) is 49.4 Å². The van der Waals surface area contributed by atoms with Crippen molar-refractivity contribution in [1.82, 2.24) is 10.2 Å². The molecule has 0 aliphatic heterocycles. The summed E-state index contributed by atoms with van der Waals surface area (Å²) in [5, 5.41) is 4.39. The van der Waals surface area contributed by atoms with E-state index in [1.807, 2.05) is 32.0 Å². The maximum absolute atomic E-state index is 13.6. The number of halogens is 1. The van der Waals surface area contributed by atoms with Gasteiger partial charge in [0.2, 0.25) is 21.8 Å². The summed E-state index contributed by atoms with van der Waals surface area (Å²) in [5.41, 5.74) is 0.992. The molecule has 0 saturated heterocycles. The van der Waals surface area contributed by atoms with E-state index in [9.17, 15) is 22.4 Å². The van der Waals surface area contributed by atoms with E-state index in [0.717, 1.165) is 15.9 Å². The fourth-order valence-electron chi connectivity index (χ4n) is 3.86. The molecule has 0 unspecified atom stereocenters. The maximum atomic E-state index is 13.6. The summed E-state index contributed by atoms with van der Waals surface area (Å²) in [6.45, 7) is 4.92. The van der Waals surface area contributed by atoms with Crippen LogP contribution in [0.1, 0.15) is 32.8 Å². The third-order valence-electron chi connectivity index (χ3n) is 6.15. The second-order valence-electron chi connectivity index (χ2n) is 8.91. The minimum atomic E-state index is -3.85. The van der Waals surface area contributed by atoms with E-state index in [0.29, 0.717) is 23.1 Å². The minimum absolute atomic E-state index is 0.0152. The molecule has 0 aliphatic rings. The van der Waals surface area contributed by atoms with Gasteiger partial charge in [-0.1, -0.05) is 55.5 Å². The first-order valence-electron chi connectivity index (χ1n) is 11.8. The number of nitrogens with one attached hydrogen (secondary N) is 1. The molecule has 9 heteroatoms. The van der Waals surface area contributed by atoms with Gasteiger partial charge < -0.3 is 10.2 Å². The van der Waals surface area contributed by atoms with Crippen molar-refractivity contribution in [3.8, 4) is 0 Å². The number of hydrogen-bond donors (Lipinski definition) is 1. The number of nitrogens with zero attached hydrogens (tertiary/aromatic N) is 2. The number of rotatable bonds is 10. The van der Waals surface area contributed by atoms with Crippen molar-refractivity contribution in [2.45, 2.75) is 45.8 Å². The smallest absolute Gasteiger partial charge is 0.244 e. The lowest BCUT2D eigenvalue weighted by atomic mass is 10.1. The van der Waals surface area contributed by atoms with Crippen molar-refractivity contribution in [3.05, 3.63) is 78.1 Å². The summed E-state index contributed by atoms with van der Waals surface area (Å²) in [7, 11) is -3.85. The van der Waals surface area contributed by atoms with Crippen LogP contribution in [-0.2, 0) is 26.2 Å². The number of amides is 2. The highest BCUT2D eigenvalue weighted by atomic mass is 32.2. The lowest BCUT2D eigenvalue weighted by Gasteiger charge is -2.32. The molecule has 0 radical (unpaired) electrons. The number of hydrogen-bond acceptors (Lipinski definition) is 4. The number of sulfonamides is 1. The van der Waals surface area contributed by atoms with E-state index >= 15 is 0 Å². The van der Waals surface area contributed by atoms with Crippen LogP contribution in [0.2, 0.25) is 0 Å². The van der Waals surface area contributed by atoms with Crippen LogP contribution in [0, 0.1) is 5.82 Å². The van der Waals surface area contributed by atoms with Crippen molar-refractivity contribution in [1.29, 1.82) is 0 Å². The molecular weight excluding hydrogens is 481 g/mol. The molecule has 2 amide bonds. The molecule has 0 heterocycles. The summed E-state index contributed by atoms with van der Waals surface area (Å²) in [6, 6.07) is 17.2. The average Bonchev–Trinajstić information content (AvgIpc) is 2.85. The van der Waals surface area contributed by atoms with E-state index < -0.39 is 34.3 Å². The summed E-state index contributed by atoms with van der Waals surface area (Å²) in [5.74, 6) is -1.32. The number of fused-ring (bicyclic) bond motifs is 1. The largest absolute Gasteiger partial charge is 0.352 e. The Morgan fingerprint density at radius 1 is 0.972 bits per heavy atom. The zero-order chi connectivity index (χ0) is 26.5. The number of carbonyl (C=O) groups is 2. The SMILES string of the molecule is CC[C@@H](C)NC(=O)[C@H](C)N(Cc1ccc(F)cc1)C(=O)CN(c1cccc2ccccc12)S(C)(=O)=O. The van der Waals surface area contributed by atoms with E-state index in [1.165, 1.54) is 29.2 Å². The molecule has 3 aromatic rings. The standard InChI is InChI=1S/C27H32FN3O4S/c1-5-19(2)29-27(33)20(3)30(17-21-13-15-23(28)16-14-21)26(32)18-31(36(4,34)35)25-12-8-10-22-9-6-7-11-24(22)25/h6-16,19-20H,5,17-18H2,1-4H3,(H,29,33)/t19-,20+/m1/s1. The van der Waals surface area contributed by atoms with Gasteiger partial charge in [0.15, 0.2) is 0 Å². The molecule has 0 aliphatic carbocycles. The first kappa shape index (κ1) is 27.1. The van der Waals surface area contributed by atoms with Gasteiger partial charge in [-0.15, -0.1) is 0 Å². The van der Waals surface area contributed by atoms with Gasteiger partial charge in [0.05, 0.1) is 11.9 Å². The normalized spacial score (nSPS) is 13.1. The third kappa shape index (κ3) is 6.60. The monoisotopic (exact) mass is 513 g/mol. The molecule has 7 nitrogen and oxygen atoms in total. The van der Waals surface area contributed by atoms with E-state index in [1.54, 1.807) is 31.2 Å². The van der Waals surface area contributed by atoms with Gasteiger partial charge in [0.1, 0.15) is 18.4 Å². The number of anilines is 1. The Morgan fingerprint density at radius 3 is 2.25 bits per heavy atom. The Hall–Kier alpha value is -3.46. The Balaban J connectivity index is 1.98. The fourth-order valence-corrected chi connectivity index (χ4v) is 4.72. The molecule has 0 spiro atoms. The van der Waals surface area contributed by atoms with Crippen molar-refractivity contribution >= 4 is 38.3 Å². The highest BCUT2D eigenvalue weighted by molar-refractivity contribution is 7.92. The first-order valence-corrected chi connectivity index (χ1v) is 13.7. The zero-order valence-corrected chi connectivity index (χ0v) is 21.8. The van der Waals surface area contributed by atoms with Crippen LogP contribution < -0.4 is 9.62 Å². The van der Waals surface area contributed by atoms with Crippen molar-refractivity contribution < 1.29 is 22.4 Å². The van der Waals surface area contributed by atoms with Crippen LogP contribution in [0.4, 0.5) is 10.1 Å². The second-order valence-corrected chi connectivity index (χ2v) is 10.8. The molecular formula is C27H32FN3O4S. The van der Waals surface area contributed by atoms with E-state index in [-0.39, 0.29) is 18.5 Å². The maximum Gasteiger partial charge on any atom is 0.244 e. The molecule has 0 aromatic heterocycles. The molecule has 1 N–H and O–H groups in total. The van der Waals surface area contributed by atoms with Crippen LogP contribution in [0.3, 0.4) is 0 Å². The highest BCUT2D eigenvalue weighted by Crippen LogP contribution is 2.28. The first-order chi connectivity index (χ1) is 17.0. The Bertz CT molecular complexity index is 1320. The topological polar surface area (TPSA) is 86.8 Å². The highest BCUT2D eigenvalue weighted by Gasteiger charge is 2.31. The van der Waals surface area contributed by atoms with Gasteiger partial charge in [-0.3, -0.25) is 13.9 Å². The lowest BCUT2D eigenvalue weighted by molar-refractivity contribution is -0.139. The van der Waals surface area contributed by atoms with Crippen LogP contribution in [0.5, 0.6) is 0 Å². The molecule has 0 saturated carbocycles. The van der Waals surface area contributed by atoms with Gasteiger partial charge in [-0.2, -0.15) is 0 Å². The summed E-state index contributed by atoms with van der Waals surface area (Å²) in [6.07, 6.45) is 1.76. The van der Waals surface area contributed by atoms with E-state index in [4.69, 9.17) is 0 Å².